The molecule has 3 rings (SSSR count). The van der Waals surface area contributed by atoms with Gasteiger partial charge in [-0.25, -0.2) is 4.39 Å². The highest BCUT2D eigenvalue weighted by atomic mass is 19.1. The molecule has 34 heavy (non-hydrogen) atoms. The SMILES string of the molecule is CCOc1ccc(NC(=O)/C(C#N)=C/c2cccc(OCC(=O)Nc3ccccc3F)c2)cc1. The Balaban J connectivity index is 1.62. The fraction of sp³-hybridized carbons (Fsp3) is 0.115. The predicted molar refractivity (Wildman–Crippen MR) is 127 cm³/mol. The van der Waals surface area contributed by atoms with Crippen molar-refractivity contribution < 1.29 is 23.5 Å². The standard InChI is InChI=1S/C26H22FN3O4/c1-2-33-21-12-10-20(11-13-21)29-26(32)19(16-28)14-18-6-5-7-22(15-18)34-17-25(31)30-24-9-4-3-8-23(24)27/h3-15H,2,17H2,1H3,(H,29,32)(H,30,31)/b19-14+. The summed E-state index contributed by atoms with van der Waals surface area (Å²) in [5.41, 5.74) is 1.01. The highest BCUT2D eigenvalue weighted by Crippen LogP contribution is 2.19. The minimum Gasteiger partial charge on any atom is -0.494 e. The van der Waals surface area contributed by atoms with Gasteiger partial charge in [-0.1, -0.05) is 24.3 Å². The van der Waals surface area contributed by atoms with Gasteiger partial charge in [-0.05, 0) is 67.1 Å². The van der Waals surface area contributed by atoms with Crippen LogP contribution in [0, 0.1) is 17.1 Å². The van der Waals surface area contributed by atoms with E-state index < -0.39 is 17.6 Å². The molecule has 3 aromatic carbocycles. The molecule has 0 aliphatic heterocycles. The molecule has 0 spiro atoms. The summed E-state index contributed by atoms with van der Waals surface area (Å²) >= 11 is 0. The molecule has 2 N–H and O–H groups in total. The van der Waals surface area contributed by atoms with Crippen LogP contribution >= 0.6 is 0 Å². The van der Waals surface area contributed by atoms with Gasteiger partial charge >= 0.3 is 0 Å². The van der Waals surface area contributed by atoms with Crippen molar-refractivity contribution in [1.29, 1.82) is 5.26 Å². The summed E-state index contributed by atoms with van der Waals surface area (Å²) in [4.78, 5) is 24.6. The van der Waals surface area contributed by atoms with E-state index in [1.165, 1.54) is 24.3 Å². The van der Waals surface area contributed by atoms with Crippen molar-refractivity contribution in [2.45, 2.75) is 6.92 Å². The van der Waals surface area contributed by atoms with E-state index in [1.807, 2.05) is 13.0 Å². The third-order valence-electron chi connectivity index (χ3n) is 4.48. The summed E-state index contributed by atoms with van der Waals surface area (Å²) in [7, 11) is 0. The van der Waals surface area contributed by atoms with Crippen LogP contribution in [0.4, 0.5) is 15.8 Å². The summed E-state index contributed by atoms with van der Waals surface area (Å²) in [6.45, 7) is 2.07. The fourth-order valence-corrected chi connectivity index (χ4v) is 2.91. The highest BCUT2D eigenvalue weighted by Gasteiger charge is 2.11. The molecule has 0 saturated carbocycles. The molecule has 0 unspecified atom stereocenters. The molecule has 0 aromatic heterocycles. The number of hydrogen-bond donors (Lipinski definition) is 2. The van der Waals surface area contributed by atoms with Gasteiger partial charge in [0.15, 0.2) is 6.61 Å². The fourth-order valence-electron chi connectivity index (χ4n) is 2.91. The van der Waals surface area contributed by atoms with Gasteiger partial charge in [0.1, 0.15) is 29.0 Å². The van der Waals surface area contributed by atoms with Crippen molar-refractivity contribution in [3.05, 3.63) is 89.8 Å². The van der Waals surface area contributed by atoms with Crippen LogP contribution in [0.15, 0.2) is 78.4 Å². The second kappa shape index (κ2) is 11.8. The van der Waals surface area contributed by atoms with Gasteiger partial charge in [0.25, 0.3) is 11.8 Å². The number of carbonyl (C=O) groups is 2. The quantitative estimate of drug-likeness (QED) is 0.354. The van der Waals surface area contributed by atoms with Crippen LogP contribution in [0.2, 0.25) is 0 Å². The Morgan fingerprint density at radius 2 is 1.74 bits per heavy atom. The van der Waals surface area contributed by atoms with Crippen molar-refractivity contribution in [2.75, 3.05) is 23.8 Å². The zero-order valence-electron chi connectivity index (χ0n) is 18.4. The van der Waals surface area contributed by atoms with Gasteiger partial charge in [-0.15, -0.1) is 0 Å². The van der Waals surface area contributed by atoms with E-state index in [2.05, 4.69) is 10.6 Å². The monoisotopic (exact) mass is 459 g/mol. The Labute approximate surface area is 196 Å². The first-order valence-electron chi connectivity index (χ1n) is 10.4. The Kier molecular flexibility index (Phi) is 8.36. The predicted octanol–water partition coefficient (Wildman–Crippen LogP) is 4.79. The summed E-state index contributed by atoms with van der Waals surface area (Å²) in [5, 5.41) is 14.5. The number of carbonyl (C=O) groups excluding carboxylic acids is 2. The maximum absolute atomic E-state index is 13.6. The molecule has 3 aromatic rings. The van der Waals surface area contributed by atoms with Crippen molar-refractivity contribution in [1.82, 2.24) is 0 Å². The van der Waals surface area contributed by atoms with Crippen LogP contribution in [0.5, 0.6) is 11.5 Å². The van der Waals surface area contributed by atoms with Crippen LogP contribution < -0.4 is 20.1 Å². The van der Waals surface area contributed by atoms with Crippen LogP contribution in [0.25, 0.3) is 6.08 Å². The number of hydrogen-bond acceptors (Lipinski definition) is 5. The topological polar surface area (TPSA) is 100 Å². The molecule has 0 fully saturated rings. The van der Waals surface area contributed by atoms with Gasteiger partial charge in [0.05, 0.1) is 12.3 Å². The number of nitrogens with zero attached hydrogens (tertiary/aromatic N) is 1. The summed E-state index contributed by atoms with van der Waals surface area (Å²) in [5.74, 6) is -0.617. The molecular formula is C26H22FN3O4. The molecule has 2 amide bonds. The Morgan fingerprint density at radius 3 is 2.44 bits per heavy atom. The number of benzene rings is 3. The summed E-state index contributed by atoms with van der Waals surface area (Å²) in [6, 6.07) is 21.1. The van der Waals surface area contributed by atoms with Crippen LogP contribution in [-0.2, 0) is 9.59 Å². The van der Waals surface area contributed by atoms with E-state index in [0.29, 0.717) is 29.4 Å². The zero-order valence-corrected chi connectivity index (χ0v) is 18.4. The molecule has 0 radical (unpaired) electrons. The summed E-state index contributed by atoms with van der Waals surface area (Å²) < 4.78 is 24.5. The third-order valence-corrected chi connectivity index (χ3v) is 4.48. The van der Waals surface area contributed by atoms with Gasteiger partial charge in [-0.3, -0.25) is 9.59 Å². The van der Waals surface area contributed by atoms with Crippen LogP contribution in [-0.4, -0.2) is 25.0 Å². The molecule has 0 bridgehead atoms. The van der Waals surface area contributed by atoms with Crippen LogP contribution in [0.1, 0.15) is 12.5 Å². The van der Waals surface area contributed by atoms with Crippen LogP contribution in [0.3, 0.4) is 0 Å². The Morgan fingerprint density at radius 1 is 0.971 bits per heavy atom. The molecule has 0 aliphatic carbocycles. The smallest absolute Gasteiger partial charge is 0.266 e. The highest BCUT2D eigenvalue weighted by molar-refractivity contribution is 6.09. The summed E-state index contributed by atoms with van der Waals surface area (Å²) in [6.07, 6.45) is 1.41. The Hall–Kier alpha value is -4.64. The number of halogens is 1. The third kappa shape index (κ3) is 6.93. The van der Waals surface area contributed by atoms with Crippen molar-refractivity contribution >= 4 is 29.3 Å². The van der Waals surface area contributed by atoms with Crippen molar-refractivity contribution in [3.8, 4) is 17.6 Å². The van der Waals surface area contributed by atoms with Gasteiger partial charge < -0.3 is 20.1 Å². The number of amides is 2. The molecule has 172 valence electrons. The molecule has 0 saturated heterocycles. The first-order valence-corrected chi connectivity index (χ1v) is 10.4. The molecule has 0 heterocycles. The number of anilines is 2. The maximum Gasteiger partial charge on any atom is 0.266 e. The Bertz CT molecular complexity index is 1230. The van der Waals surface area contributed by atoms with E-state index >= 15 is 0 Å². The molecule has 8 heteroatoms. The maximum atomic E-state index is 13.6. The lowest BCUT2D eigenvalue weighted by atomic mass is 10.1. The average molecular weight is 459 g/mol. The van der Waals surface area contributed by atoms with E-state index in [9.17, 15) is 19.2 Å². The number of ether oxygens (including phenoxy) is 2. The minimum absolute atomic E-state index is 0.0602. The molecule has 0 atom stereocenters. The lowest BCUT2D eigenvalue weighted by molar-refractivity contribution is -0.118. The number of rotatable bonds is 9. The van der Waals surface area contributed by atoms with Gasteiger partial charge in [-0.2, -0.15) is 5.26 Å². The van der Waals surface area contributed by atoms with Gasteiger partial charge in [0, 0.05) is 5.69 Å². The lowest BCUT2D eigenvalue weighted by Gasteiger charge is -2.09. The van der Waals surface area contributed by atoms with Crippen molar-refractivity contribution in [3.63, 3.8) is 0 Å². The van der Waals surface area contributed by atoms with E-state index in [0.717, 1.165) is 0 Å². The zero-order chi connectivity index (χ0) is 24.3. The second-order valence-corrected chi connectivity index (χ2v) is 6.97. The second-order valence-electron chi connectivity index (χ2n) is 6.97. The first-order chi connectivity index (χ1) is 16.5. The van der Waals surface area contributed by atoms with E-state index in [-0.39, 0.29) is 17.9 Å². The number of para-hydroxylation sites is 1. The average Bonchev–Trinajstić information content (AvgIpc) is 2.84. The van der Waals surface area contributed by atoms with E-state index in [1.54, 1.807) is 54.6 Å². The first kappa shape index (κ1) is 24.0. The van der Waals surface area contributed by atoms with E-state index in [4.69, 9.17) is 9.47 Å². The minimum atomic E-state index is -0.567. The largest absolute Gasteiger partial charge is 0.494 e. The van der Waals surface area contributed by atoms with Crippen molar-refractivity contribution in [2.24, 2.45) is 0 Å². The normalized spacial score (nSPS) is 10.7. The van der Waals surface area contributed by atoms with Gasteiger partial charge in [0.2, 0.25) is 0 Å². The lowest BCUT2D eigenvalue weighted by Crippen LogP contribution is -2.20. The molecular weight excluding hydrogens is 437 g/mol. The molecule has 7 nitrogen and oxygen atoms in total. The number of nitriles is 1. The number of nitrogens with one attached hydrogen (secondary N) is 2. The molecule has 0 aliphatic rings.